The molecule has 1 heterocycles. The second kappa shape index (κ2) is 7.90. The molecule has 7 nitrogen and oxygen atoms in total. The van der Waals surface area contributed by atoms with Crippen molar-refractivity contribution in [3.05, 3.63) is 74.9 Å². The molecule has 0 unspecified atom stereocenters. The van der Waals surface area contributed by atoms with Gasteiger partial charge in [-0.1, -0.05) is 31.2 Å². The molecule has 27 heavy (non-hydrogen) atoms. The van der Waals surface area contributed by atoms with E-state index < -0.39 is 11.2 Å². The minimum Gasteiger partial charge on any atom is -0.497 e. The van der Waals surface area contributed by atoms with E-state index in [0.717, 1.165) is 11.3 Å². The largest absolute Gasteiger partial charge is 0.497 e. The van der Waals surface area contributed by atoms with Crippen molar-refractivity contribution in [2.24, 2.45) is 0 Å². The van der Waals surface area contributed by atoms with Crippen LogP contribution in [0.15, 0.2) is 58.1 Å². The highest BCUT2D eigenvalue weighted by Gasteiger charge is 2.15. The Balaban J connectivity index is 1.84. The third-order valence-electron chi connectivity index (χ3n) is 4.47. The number of fused-ring (bicyclic) bond motifs is 1. The predicted octanol–water partition coefficient (Wildman–Crippen LogP) is 1.97. The van der Waals surface area contributed by atoms with Gasteiger partial charge in [0.1, 0.15) is 12.3 Å². The van der Waals surface area contributed by atoms with Gasteiger partial charge in [-0.25, -0.2) is 4.79 Å². The summed E-state index contributed by atoms with van der Waals surface area (Å²) < 4.78 is 6.42. The lowest BCUT2D eigenvalue weighted by Crippen LogP contribution is -2.37. The number of carbonyl (C=O) groups is 1. The number of aromatic amines is 1. The van der Waals surface area contributed by atoms with Crippen LogP contribution in [0.1, 0.15) is 24.9 Å². The molecule has 3 rings (SSSR count). The number of hydrogen-bond donors (Lipinski definition) is 2. The van der Waals surface area contributed by atoms with E-state index in [4.69, 9.17) is 4.74 Å². The van der Waals surface area contributed by atoms with Crippen LogP contribution >= 0.6 is 0 Å². The second-order valence-electron chi connectivity index (χ2n) is 6.16. The van der Waals surface area contributed by atoms with Crippen molar-refractivity contribution in [2.45, 2.75) is 25.9 Å². The molecule has 0 fully saturated rings. The van der Waals surface area contributed by atoms with Crippen molar-refractivity contribution in [3.63, 3.8) is 0 Å². The maximum Gasteiger partial charge on any atom is 0.329 e. The van der Waals surface area contributed by atoms with E-state index in [0.29, 0.717) is 17.3 Å². The Bertz CT molecular complexity index is 1070. The molecule has 0 radical (unpaired) electrons. The summed E-state index contributed by atoms with van der Waals surface area (Å²) >= 11 is 0. The fourth-order valence-electron chi connectivity index (χ4n) is 3.04. The third-order valence-corrected chi connectivity index (χ3v) is 4.47. The molecule has 0 aliphatic rings. The summed E-state index contributed by atoms with van der Waals surface area (Å²) in [4.78, 5) is 38.9. The first-order chi connectivity index (χ1) is 13.0. The van der Waals surface area contributed by atoms with Crippen LogP contribution in [0.5, 0.6) is 5.75 Å². The van der Waals surface area contributed by atoms with Crippen LogP contribution in [0.2, 0.25) is 0 Å². The average molecular weight is 367 g/mol. The SMILES string of the molecule is CC[C@H](NC(=O)Cn1c(=O)[nH]c(=O)c2ccccc21)c1ccc(OC)cc1. The molecular formula is C20H21N3O4. The van der Waals surface area contributed by atoms with Crippen LogP contribution in [0.3, 0.4) is 0 Å². The second-order valence-corrected chi connectivity index (χ2v) is 6.16. The van der Waals surface area contributed by atoms with Crippen LogP contribution in [-0.2, 0) is 11.3 Å². The van der Waals surface area contributed by atoms with E-state index in [1.165, 1.54) is 4.57 Å². The Morgan fingerprint density at radius 3 is 2.52 bits per heavy atom. The van der Waals surface area contributed by atoms with Gasteiger partial charge in [0.15, 0.2) is 0 Å². The van der Waals surface area contributed by atoms with E-state index in [9.17, 15) is 14.4 Å². The van der Waals surface area contributed by atoms with E-state index in [2.05, 4.69) is 10.3 Å². The highest BCUT2D eigenvalue weighted by Crippen LogP contribution is 2.20. The Kier molecular flexibility index (Phi) is 5.40. The lowest BCUT2D eigenvalue weighted by atomic mass is 10.0. The van der Waals surface area contributed by atoms with Crippen molar-refractivity contribution in [2.75, 3.05) is 7.11 Å². The summed E-state index contributed by atoms with van der Waals surface area (Å²) in [5.74, 6) is 0.433. The molecule has 2 N–H and O–H groups in total. The van der Waals surface area contributed by atoms with E-state index in [1.807, 2.05) is 31.2 Å². The number of hydrogen-bond acceptors (Lipinski definition) is 4. The number of H-pyrrole nitrogens is 1. The molecule has 0 bridgehead atoms. The summed E-state index contributed by atoms with van der Waals surface area (Å²) in [7, 11) is 1.60. The Labute approximate surface area is 155 Å². The molecule has 1 atom stereocenters. The molecule has 7 heteroatoms. The molecule has 3 aromatic rings. The molecule has 0 saturated heterocycles. The molecule has 1 amide bonds. The molecule has 2 aromatic carbocycles. The zero-order valence-electron chi connectivity index (χ0n) is 15.2. The van der Waals surface area contributed by atoms with Gasteiger partial charge in [-0.2, -0.15) is 0 Å². The normalized spacial score (nSPS) is 11.9. The van der Waals surface area contributed by atoms with Gasteiger partial charge in [0.05, 0.1) is 24.1 Å². The Morgan fingerprint density at radius 1 is 1.15 bits per heavy atom. The molecule has 0 aliphatic carbocycles. The van der Waals surface area contributed by atoms with Crippen LogP contribution < -0.4 is 21.3 Å². The summed E-state index contributed by atoms with van der Waals surface area (Å²) in [6.45, 7) is 1.79. The number of carbonyl (C=O) groups excluding carboxylic acids is 1. The minimum absolute atomic E-state index is 0.178. The molecule has 1 aromatic heterocycles. The summed E-state index contributed by atoms with van der Waals surface area (Å²) in [5.41, 5.74) is 0.312. The van der Waals surface area contributed by atoms with Crippen LogP contribution in [-0.4, -0.2) is 22.6 Å². The number of amides is 1. The van der Waals surface area contributed by atoms with E-state index in [1.54, 1.807) is 31.4 Å². The first kappa shape index (κ1) is 18.4. The van der Waals surface area contributed by atoms with Gasteiger partial charge in [0, 0.05) is 0 Å². The van der Waals surface area contributed by atoms with Crippen molar-refractivity contribution in [3.8, 4) is 5.75 Å². The Morgan fingerprint density at radius 2 is 1.85 bits per heavy atom. The predicted molar refractivity (Wildman–Crippen MR) is 103 cm³/mol. The molecule has 140 valence electrons. The third kappa shape index (κ3) is 3.92. The number of para-hydroxylation sites is 1. The smallest absolute Gasteiger partial charge is 0.329 e. The quantitative estimate of drug-likeness (QED) is 0.697. The van der Waals surface area contributed by atoms with E-state index in [-0.39, 0.29) is 18.5 Å². The van der Waals surface area contributed by atoms with Crippen molar-refractivity contribution >= 4 is 16.8 Å². The fourth-order valence-corrected chi connectivity index (χ4v) is 3.04. The monoisotopic (exact) mass is 367 g/mol. The number of ether oxygens (including phenoxy) is 1. The van der Waals surface area contributed by atoms with Gasteiger partial charge in [0.25, 0.3) is 5.56 Å². The van der Waals surface area contributed by atoms with Gasteiger partial charge in [-0.05, 0) is 36.2 Å². The highest BCUT2D eigenvalue weighted by molar-refractivity contribution is 5.81. The van der Waals surface area contributed by atoms with Crippen LogP contribution in [0.25, 0.3) is 10.9 Å². The molecule has 0 spiro atoms. The minimum atomic E-state index is -0.605. The first-order valence-corrected chi connectivity index (χ1v) is 8.68. The first-order valence-electron chi connectivity index (χ1n) is 8.68. The lowest BCUT2D eigenvalue weighted by Gasteiger charge is -2.18. The van der Waals surface area contributed by atoms with Gasteiger partial charge in [0.2, 0.25) is 5.91 Å². The number of aromatic nitrogens is 2. The zero-order chi connectivity index (χ0) is 19.4. The maximum absolute atomic E-state index is 12.6. The Hall–Kier alpha value is -3.35. The number of rotatable bonds is 6. The fraction of sp³-hybridized carbons (Fsp3) is 0.250. The van der Waals surface area contributed by atoms with Crippen molar-refractivity contribution in [1.82, 2.24) is 14.9 Å². The number of methoxy groups -OCH3 is 1. The van der Waals surface area contributed by atoms with Crippen molar-refractivity contribution in [1.29, 1.82) is 0 Å². The van der Waals surface area contributed by atoms with Gasteiger partial charge in [-0.3, -0.25) is 19.1 Å². The molecular weight excluding hydrogens is 346 g/mol. The maximum atomic E-state index is 12.6. The topological polar surface area (TPSA) is 93.2 Å². The van der Waals surface area contributed by atoms with Gasteiger partial charge >= 0.3 is 5.69 Å². The number of nitrogens with zero attached hydrogens (tertiary/aromatic N) is 1. The van der Waals surface area contributed by atoms with E-state index >= 15 is 0 Å². The number of nitrogens with one attached hydrogen (secondary N) is 2. The summed E-state index contributed by atoms with van der Waals surface area (Å²) in [6.07, 6.45) is 0.694. The standard InChI is InChI=1S/C20H21N3O4/c1-3-16(13-8-10-14(27-2)11-9-13)21-18(24)12-23-17-7-5-4-6-15(17)19(25)22-20(23)26/h4-11,16H,3,12H2,1-2H3,(H,21,24)(H,22,25,26)/t16-/m0/s1. The number of benzene rings is 2. The van der Waals surface area contributed by atoms with Gasteiger partial charge in [-0.15, -0.1) is 0 Å². The van der Waals surface area contributed by atoms with Crippen LogP contribution in [0, 0.1) is 0 Å². The summed E-state index contributed by atoms with van der Waals surface area (Å²) in [5, 5.41) is 3.31. The van der Waals surface area contributed by atoms with Crippen molar-refractivity contribution < 1.29 is 9.53 Å². The zero-order valence-corrected chi connectivity index (χ0v) is 15.2. The molecule has 0 saturated carbocycles. The highest BCUT2D eigenvalue weighted by atomic mass is 16.5. The summed E-state index contributed by atoms with van der Waals surface area (Å²) in [6, 6.07) is 14.0. The molecule has 0 aliphatic heterocycles. The average Bonchev–Trinajstić information content (AvgIpc) is 2.69. The van der Waals surface area contributed by atoms with Gasteiger partial charge < -0.3 is 10.1 Å². The van der Waals surface area contributed by atoms with Crippen LogP contribution in [0.4, 0.5) is 0 Å². The lowest BCUT2D eigenvalue weighted by molar-refractivity contribution is -0.122.